The lowest BCUT2D eigenvalue weighted by atomic mass is 10.2. The standard InChI is InChI=1S/C13H11Cl2N3O3/c1-21-11-7(2-8(14)3-10(11)15)4-17-12-9(13(19)20)5-16-6-18-12/h2-3,5-6H,4H2,1H3,(H,19,20)(H,16,17,18). The van der Waals surface area contributed by atoms with Gasteiger partial charge in [0.1, 0.15) is 23.5 Å². The number of nitrogens with zero attached hydrogens (tertiary/aromatic N) is 2. The van der Waals surface area contributed by atoms with Crippen LogP contribution in [-0.4, -0.2) is 28.2 Å². The van der Waals surface area contributed by atoms with Gasteiger partial charge in [-0.1, -0.05) is 23.2 Å². The molecule has 2 N–H and O–H groups in total. The van der Waals surface area contributed by atoms with E-state index >= 15 is 0 Å². The Morgan fingerprint density at radius 3 is 2.86 bits per heavy atom. The molecule has 0 aliphatic heterocycles. The predicted molar refractivity (Wildman–Crippen MR) is 79.3 cm³/mol. The van der Waals surface area contributed by atoms with Crippen molar-refractivity contribution in [1.29, 1.82) is 0 Å². The summed E-state index contributed by atoms with van der Waals surface area (Å²) in [7, 11) is 1.49. The van der Waals surface area contributed by atoms with Crippen molar-refractivity contribution in [2.75, 3.05) is 12.4 Å². The highest BCUT2D eigenvalue weighted by Crippen LogP contribution is 2.32. The number of nitrogens with one attached hydrogen (secondary N) is 1. The summed E-state index contributed by atoms with van der Waals surface area (Å²) in [5, 5.41) is 12.8. The maximum atomic E-state index is 11.1. The quantitative estimate of drug-likeness (QED) is 0.877. The number of carboxylic acids is 1. The van der Waals surface area contributed by atoms with Crippen LogP contribution in [0.1, 0.15) is 15.9 Å². The van der Waals surface area contributed by atoms with Gasteiger partial charge in [0.05, 0.1) is 12.1 Å². The van der Waals surface area contributed by atoms with Gasteiger partial charge in [0, 0.05) is 23.3 Å². The van der Waals surface area contributed by atoms with Crippen molar-refractivity contribution >= 4 is 35.0 Å². The van der Waals surface area contributed by atoms with E-state index in [-0.39, 0.29) is 17.9 Å². The zero-order valence-electron chi connectivity index (χ0n) is 10.9. The number of benzene rings is 1. The summed E-state index contributed by atoms with van der Waals surface area (Å²) in [5.41, 5.74) is 0.662. The number of rotatable bonds is 5. The van der Waals surface area contributed by atoms with Crippen molar-refractivity contribution in [3.05, 3.63) is 45.8 Å². The first-order valence-electron chi connectivity index (χ1n) is 5.82. The zero-order valence-corrected chi connectivity index (χ0v) is 12.4. The molecule has 8 heteroatoms. The Balaban J connectivity index is 2.27. The molecule has 0 fully saturated rings. The molecule has 0 aliphatic rings. The van der Waals surface area contributed by atoms with Crippen molar-refractivity contribution in [3.8, 4) is 5.75 Å². The van der Waals surface area contributed by atoms with Crippen LogP contribution in [-0.2, 0) is 6.54 Å². The summed E-state index contributed by atoms with van der Waals surface area (Å²) in [4.78, 5) is 18.7. The van der Waals surface area contributed by atoms with Crippen molar-refractivity contribution in [2.45, 2.75) is 6.54 Å². The van der Waals surface area contributed by atoms with Crippen LogP contribution in [0.5, 0.6) is 5.75 Å². The van der Waals surface area contributed by atoms with Gasteiger partial charge in [-0.25, -0.2) is 14.8 Å². The summed E-state index contributed by atoms with van der Waals surface area (Å²) >= 11 is 12.0. The van der Waals surface area contributed by atoms with E-state index in [2.05, 4.69) is 15.3 Å². The lowest BCUT2D eigenvalue weighted by molar-refractivity contribution is 0.0697. The summed E-state index contributed by atoms with van der Waals surface area (Å²) in [5.74, 6) is -0.440. The van der Waals surface area contributed by atoms with E-state index in [1.54, 1.807) is 12.1 Å². The molecule has 0 bridgehead atoms. The fraction of sp³-hybridized carbons (Fsp3) is 0.154. The van der Waals surface area contributed by atoms with Crippen molar-refractivity contribution in [2.24, 2.45) is 0 Å². The predicted octanol–water partition coefficient (Wildman–Crippen LogP) is 3.10. The second kappa shape index (κ2) is 6.60. The lowest BCUT2D eigenvalue weighted by Crippen LogP contribution is -2.09. The summed E-state index contributed by atoms with van der Waals surface area (Å²) < 4.78 is 5.22. The van der Waals surface area contributed by atoms with Crippen LogP contribution in [0.15, 0.2) is 24.7 Å². The van der Waals surface area contributed by atoms with E-state index in [1.807, 2.05) is 0 Å². The summed E-state index contributed by atoms with van der Waals surface area (Å²) in [6, 6.07) is 3.25. The molecule has 0 aliphatic carbocycles. The summed E-state index contributed by atoms with van der Waals surface area (Å²) in [6.45, 7) is 0.251. The Labute approximate surface area is 130 Å². The molecule has 6 nitrogen and oxygen atoms in total. The van der Waals surface area contributed by atoms with Crippen molar-refractivity contribution < 1.29 is 14.6 Å². The average Bonchev–Trinajstić information content (AvgIpc) is 2.44. The summed E-state index contributed by atoms with van der Waals surface area (Å²) in [6.07, 6.45) is 2.48. The molecule has 0 unspecified atom stereocenters. The molecule has 0 saturated heterocycles. The molecule has 2 rings (SSSR count). The first-order valence-corrected chi connectivity index (χ1v) is 6.57. The van der Waals surface area contributed by atoms with E-state index in [4.69, 9.17) is 33.0 Å². The van der Waals surface area contributed by atoms with Gasteiger partial charge in [-0.15, -0.1) is 0 Å². The van der Waals surface area contributed by atoms with Gasteiger partial charge in [0.25, 0.3) is 0 Å². The Bertz CT molecular complexity index is 680. The molecule has 0 spiro atoms. The van der Waals surface area contributed by atoms with Gasteiger partial charge in [-0.2, -0.15) is 0 Å². The molecule has 110 valence electrons. The molecule has 21 heavy (non-hydrogen) atoms. The minimum atomic E-state index is -1.12. The van der Waals surface area contributed by atoms with Crippen LogP contribution < -0.4 is 10.1 Å². The van der Waals surface area contributed by atoms with Crippen LogP contribution in [0.3, 0.4) is 0 Å². The monoisotopic (exact) mass is 327 g/mol. The molecular formula is C13H11Cl2N3O3. The normalized spacial score (nSPS) is 10.2. The largest absolute Gasteiger partial charge is 0.495 e. The minimum Gasteiger partial charge on any atom is -0.495 e. The van der Waals surface area contributed by atoms with Crippen LogP contribution in [0.4, 0.5) is 5.82 Å². The van der Waals surface area contributed by atoms with Crippen LogP contribution in [0.25, 0.3) is 0 Å². The van der Waals surface area contributed by atoms with Crippen LogP contribution >= 0.6 is 23.2 Å². The maximum Gasteiger partial charge on any atom is 0.341 e. The van der Waals surface area contributed by atoms with Crippen molar-refractivity contribution in [3.63, 3.8) is 0 Å². The molecule has 0 saturated carbocycles. The molecule has 2 aromatic rings. The highest BCUT2D eigenvalue weighted by atomic mass is 35.5. The van der Waals surface area contributed by atoms with Gasteiger partial charge in [-0.05, 0) is 12.1 Å². The minimum absolute atomic E-state index is 0.0235. The molecule has 1 aromatic carbocycles. The molecule has 1 heterocycles. The van der Waals surface area contributed by atoms with Crippen LogP contribution in [0.2, 0.25) is 10.0 Å². The number of carboxylic acid groups (broad SMARTS) is 1. The van der Waals surface area contributed by atoms with Crippen molar-refractivity contribution in [1.82, 2.24) is 9.97 Å². The molecule has 1 aromatic heterocycles. The Morgan fingerprint density at radius 1 is 1.43 bits per heavy atom. The second-order valence-electron chi connectivity index (χ2n) is 4.02. The fourth-order valence-electron chi connectivity index (χ4n) is 1.78. The second-order valence-corrected chi connectivity index (χ2v) is 4.87. The third-order valence-corrected chi connectivity index (χ3v) is 3.18. The highest BCUT2D eigenvalue weighted by molar-refractivity contribution is 6.35. The number of carbonyl (C=O) groups is 1. The third-order valence-electron chi connectivity index (χ3n) is 2.68. The van der Waals surface area contributed by atoms with Gasteiger partial charge < -0.3 is 15.2 Å². The van der Waals surface area contributed by atoms with Gasteiger partial charge >= 0.3 is 5.97 Å². The smallest absolute Gasteiger partial charge is 0.341 e. The Morgan fingerprint density at radius 2 is 2.19 bits per heavy atom. The number of aromatic carboxylic acids is 1. The van der Waals surface area contributed by atoms with Crippen LogP contribution in [0, 0.1) is 0 Å². The Hall–Kier alpha value is -2.05. The van der Waals surface area contributed by atoms with E-state index in [1.165, 1.54) is 19.6 Å². The Kier molecular flexibility index (Phi) is 4.82. The number of ether oxygens (including phenoxy) is 1. The number of hydrogen-bond acceptors (Lipinski definition) is 5. The van der Waals surface area contributed by atoms with Gasteiger partial charge in [0.15, 0.2) is 0 Å². The first kappa shape index (κ1) is 15.3. The fourth-order valence-corrected chi connectivity index (χ4v) is 2.39. The van der Waals surface area contributed by atoms with E-state index in [0.29, 0.717) is 21.4 Å². The zero-order chi connectivity index (χ0) is 15.4. The molecule has 0 radical (unpaired) electrons. The topological polar surface area (TPSA) is 84.3 Å². The lowest BCUT2D eigenvalue weighted by Gasteiger charge is -2.13. The molecular weight excluding hydrogens is 317 g/mol. The van der Waals surface area contributed by atoms with E-state index in [0.717, 1.165) is 0 Å². The van der Waals surface area contributed by atoms with Gasteiger partial charge in [-0.3, -0.25) is 0 Å². The number of aromatic nitrogens is 2. The number of anilines is 1. The SMILES string of the molecule is COc1c(Cl)cc(Cl)cc1CNc1ncncc1C(=O)O. The maximum absolute atomic E-state index is 11.1. The highest BCUT2D eigenvalue weighted by Gasteiger charge is 2.13. The molecule has 0 atom stereocenters. The molecule has 0 amide bonds. The third kappa shape index (κ3) is 3.53. The van der Waals surface area contributed by atoms with E-state index < -0.39 is 5.97 Å². The number of halogens is 2. The number of hydrogen-bond donors (Lipinski definition) is 2. The number of methoxy groups -OCH3 is 1. The van der Waals surface area contributed by atoms with Gasteiger partial charge in [0.2, 0.25) is 0 Å². The first-order chi connectivity index (χ1) is 10.0. The van der Waals surface area contributed by atoms with E-state index in [9.17, 15) is 4.79 Å². The average molecular weight is 328 g/mol.